The predicted octanol–water partition coefficient (Wildman–Crippen LogP) is 2.62. The molecule has 2 aromatic carbocycles. The van der Waals surface area contributed by atoms with Crippen LogP contribution in [0, 0.1) is 0 Å². The molecule has 9 nitrogen and oxygen atoms in total. The number of anilines is 1. The maximum Gasteiger partial charge on any atom is 0.338 e. The van der Waals surface area contributed by atoms with Gasteiger partial charge in [0, 0.05) is 24.9 Å². The summed E-state index contributed by atoms with van der Waals surface area (Å²) in [5, 5.41) is 13.3. The zero-order valence-corrected chi connectivity index (χ0v) is 19.4. The molecule has 0 aromatic heterocycles. The summed E-state index contributed by atoms with van der Waals surface area (Å²) in [4.78, 5) is 26.7. The number of nitrogens with zero attached hydrogens (tertiary/aromatic N) is 1. The van der Waals surface area contributed by atoms with Gasteiger partial charge in [-0.3, -0.25) is 0 Å². The molecule has 2 unspecified atom stereocenters. The number of carbonyl (C=O) groups is 2. The van der Waals surface area contributed by atoms with Crippen LogP contribution >= 0.6 is 0 Å². The predicted molar refractivity (Wildman–Crippen MR) is 122 cm³/mol. The lowest BCUT2D eigenvalue weighted by atomic mass is 10.0. The van der Waals surface area contributed by atoms with Crippen LogP contribution in [0.4, 0.5) is 10.5 Å². The number of aliphatic hydroxyl groups excluding tert-OH is 1. The van der Waals surface area contributed by atoms with E-state index in [1.165, 1.54) is 18.2 Å². The van der Waals surface area contributed by atoms with Crippen molar-refractivity contribution < 1.29 is 32.6 Å². The Morgan fingerprint density at radius 1 is 1.24 bits per heavy atom. The molecule has 2 aromatic rings. The van der Waals surface area contributed by atoms with Gasteiger partial charge in [-0.25, -0.2) is 18.0 Å². The van der Waals surface area contributed by atoms with Crippen molar-refractivity contribution in [2.75, 3.05) is 37.9 Å². The first-order valence-electron chi connectivity index (χ1n) is 10.6. The fourth-order valence-corrected chi connectivity index (χ4v) is 4.28. The highest BCUT2D eigenvalue weighted by Crippen LogP contribution is 2.25. The van der Waals surface area contributed by atoms with Crippen molar-refractivity contribution in [3.05, 3.63) is 59.7 Å². The minimum Gasteiger partial charge on any atom is -0.462 e. The van der Waals surface area contributed by atoms with Gasteiger partial charge in [-0.05, 0) is 30.7 Å². The number of sulfone groups is 1. The Balaban J connectivity index is 1.80. The number of esters is 1. The van der Waals surface area contributed by atoms with Crippen molar-refractivity contribution in [2.24, 2.45) is 0 Å². The van der Waals surface area contributed by atoms with E-state index in [0.29, 0.717) is 13.2 Å². The molecule has 10 heteroatoms. The molecule has 0 saturated carbocycles. The molecule has 1 aliphatic heterocycles. The lowest BCUT2D eigenvalue weighted by Gasteiger charge is -2.36. The normalized spacial score (nSPS) is 17.3. The molecule has 2 atom stereocenters. The monoisotopic (exact) mass is 476 g/mol. The first-order valence-corrected chi connectivity index (χ1v) is 12.5. The van der Waals surface area contributed by atoms with E-state index in [-0.39, 0.29) is 35.8 Å². The van der Waals surface area contributed by atoms with Crippen LogP contribution in [0.1, 0.15) is 35.4 Å². The quantitative estimate of drug-likeness (QED) is 0.589. The van der Waals surface area contributed by atoms with Crippen molar-refractivity contribution in [3.8, 4) is 0 Å². The van der Waals surface area contributed by atoms with Gasteiger partial charge >= 0.3 is 12.0 Å². The van der Waals surface area contributed by atoms with Gasteiger partial charge in [0.1, 0.15) is 0 Å². The lowest BCUT2D eigenvalue weighted by molar-refractivity contribution is -0.00428. The van der Waals surface area contributed by atoms with Gasteiger partial charge in [0.25, 0.3) is 0 Å². The van der Waals surface area contributed by atoms with Crippen LogP contribution in [0.3, 0.4) is 0 Å². The average Bonchev–Trinajstić information content (AvgIpc) is 2.79. The maximum absolute atomic E-state index is 13.1. The minimum absolute atomic E-state index is 0.0214. The Labute approximate surface area is 193 Å². The van der Waals surface area contributed by atoms with Gasteiger partial charge in [-0.1, -0.05) is 30.3 Å². The summed E-state index contributed by atoms with van der Waals surface area (Å²) in [6.07, 6.45) is 0.512. The SMILES string of the molecule is CCOC(=O)c1cc(NC(=O)N2CCOCC2CC(O)c2ccccc2)cc(S(C)(=O)=O)c1. The second-order valence-corrected chi connectivity index (χ2v) is 9.77. The molecule has 0 radical (unpaired) electrons. The van der Waals surface area contributed by atoms with Crippen molar-refractivity contribution in [2.45, 2.75) is 30.4 Å². The number of carbonyl (C=O) groups excluding carboxylic acids is 2. The molecule has 3 rings (SSSR count). The van der Waals surface area contributed by atoms with E-state index < -0.39 is 34.0 Å². The van der Waals surface area contributed by atoms with Gasteiger partial charge in [0.05, 0.1) is 42.4 Å². The molecule has 33 heavy (non-hydrogen) atoms. The molecule has 2 amide bonds. The van der Waals surface area contributed by atoms with E-state index in [1.54, 1.807) is 11.8 Å². The summed E-state index contributed by atoms with van der Waals surface area (Å²) in [6.45, 7) is 2.67. The van der Waals surface area contributed by atoms with Crippen LogP contribution in [-0.2, 0) is 19.3 Å². The Bertz CT molecular complexity index is 1090. The van der Waals surface area contributed by atoms with Crippen molar-refractivity contribution >= 4 is 27.5 Å². The molecular formula is C23H28N2O7S. The second kappa shape index (κ2) is 10.8. The summed E-state index contributed by atoms with van der Waals surface area (Å²) in [6, 6.07) is 12.2. The number of nitrogens with one attached hydrogen (secondary N) is 1. The van der Waals surface area contributed by atoms with E-state index in [2.05, 4.69) is 5.32 Å². The number of benzene rings is 2. The van der Waals surface area contributed by atoms with Crippen LogP contribution in [0.5, 0.6) is 0 Å². The summed E-state index contributed by atoms with van der Waals surface area (Å²) in [5.41, 5.74) is 0.913. The fraction of sp³-hybridized carbons (Fsp3) is 0.391. The van der Waals surface area contributed by atoms with Crippen molar-refractivity contribution in [1.82, 2.24) is 4.90 Å². The molecule has 178 valence electrons. The third-order valence-electron chi connectivity index (χ3n) is 5.27. The van der Waals surface area contributed by atoms with Gasteiger partial charge in [0.15, 0.2) is 9.84 Å². The Kier molecular flexibility index (Phi) is 8.06. The smallest absolute Gasteiger partial charge is 0.338 e. The maximum atomic E-state index is 13.1. The Hall–Kier alpha value is -2.95. The molecule has 0 spiro atoms. The highest BCUT2D eigenvalue weighted by atomic mass is 32.2. The number of hydrogen-bond donors (Lipinski definition) is 2. The number of amides is 2. The van der Waals surface area contributed by atoms with Crippen LogP contribution in [0.15, 0.2) is 53.4 Å². The summed E-state index contributed by atoms with van der Waals surface area (Å²) in [5.74, 6) is -0.686. The highest BCUT2D eigenvalue weighted by Gasteiger charge is 2.30. The van der Waals surface area contributed by atoms with Crippen LogP contribution < -0.4 is 5.32 Å². The molecular weight excluding hydrogens is 448 g/mol. The Morgan fingerprint density at radius 3 is 2.64 bits per heavy atom. The molecule has 1 heterocycles. The van der Waals surface area contributed by atoms with Crippen LogP contribution in [0.25, 0.3) is 0 Å². The zero-order valence-electron chi connectivity index (χ0n) is 18.6. The number of aliphatic hydroxyl groups is 1. The van der Waals surface area contributed by atoms with E-state index in [0.717, 1.165) is 11.8 Å². The molecule has 1 saturated heterocycles. The standard InChI is InChI=1S/C23H28N2O7S/c1-3-32-22(27)17-11-18(13-20(12-17)33(2,29)30)24-23(28)25-9-10-31-15-19(25)14-21(26)16-7-5-4-6-8-16/h4-8,11-13,19,21,26H,3,9-10,14-15H2,1-2H3,(H,24,28). The first kappa shape index (κ1) is 24.7. The van der Waals surface area contributed by atoms with Gasteiger partial charge < -0.3 is 24.8 Å². The summed E-state index contributed by atoms with van der Waals surface area (Å²) >= 11 is 0. The third-order valence-corrected chi connectivity index (χ3v) is 6.36. The minimum atomic E-state index is -3.64. The molecule has 0 aliphatic carbocycles. The van der Waals surface area contributed by atoms with Crippen molar-refractivity contribution in [3.63, 3.8) is 0 Å². The Morgan fingerprint density at radius 2 is 1.97 bits per heavy atom. The molecule has 1 fully saturated rings. The van der Waals surface area contributed by atoms with Crippen LogP contribution in [-0.4, -0.2) is 69.1 Å². The van der Waals surface area contributed by atoms with Gasteiger partial charge in [-0.2, -0.15) is 0 Å². The van der Waals surface area contributed by atoms with Gasteiger partial charge in [-0.15, -0.1) is 0 Å². The number of hydrogen-bond acceptors (Lipinski definition) is 7. The highest BCUT2D eigenvalue weighted by molar-refractivity contribution is 7.90. The van der Waals surface area contributed by atoms with Gasteiger partial charge in [0.2, 0.25) is 0 Å². The number of morpholine rings is 1. The number of ether oxygens (including phenoxy) is 2. The number of urea groups is 1. The average molecular weight is 477 g/mol. The third kappa shape index (κ3) is 6.53. The first-order chi connectivity index (χ1) is 15.7. The topological polar surface area (TPSA) is 122 Å². The van der Waals surface area contributed by atoms with E-state index in [1.807, 2.05) is 30.3 Å². The largest absolute Gasteiger partial charge is 0.462 e. The molecule has 2 N–H and O–H groups in total. The molecule has 1 aliphatic rings. The van der Waals surface area contributed by atoms with Crippen molar-refractivity contribution in [1.29, 1.82) is 0 Å². The second-order valence-electron chi connectivity index (χ2n) is 7.75. The number of rotatable bonds is 7. The lowest BCUT2D eigenvalue weighted by Crippen LogP contribution is -2.50. The van der Waals surface area contributed by atoms with E-state index in [4.69, 9.17) is 9.47 Å². The summed E-state index contributed by atoms with van der Waals surface area (Å²) < 4.78 is 34.7. The fourth-order valence-electron chi connectivity index (χ4n) is 3.60. The van der Waals surface area contributed by atoms with Crippen LogP contribution in [0.2, 0.25) is 0 Å². The zero-order chi connectivity index (χ0) is 24.0. The summed E-state index contributed by atoms with van der Waals surface area (Å²) in [7, 11) is -3.64. The molecule has 0 bridgehead atoms. The van der Waals surface area contributed by atoms with E-state index in [9.17, 15) is 23.1 Å². The van der Waals surface area contributed by atoms with E-state index >= 15 is 0 Å².